The van der Waals surface area contributed by atoms with Crippen LogP contribution in [-0.4, -0.2) is 38.5 Å². The molecule has 5 heteroatoms. The van der Waals surface area contributed by atoms with Crippen LogP contribution < -0.4 is 0 Å². The van der Waals surface area contributed by atoms with Crippen LogP contribution in [0.3, 0.4) is 0 Å². The average Bonchev–Trinajstić information content (AvgIpc) is 3.14. The first-order chi connectivity index (χ1) is 11.1. The molecular formula is C18H22N4O. The quantitative estimate of drug-likeness (QED) is 0.702. The highest BCUT2D eigenvalue weighted by Crippen LogP contribution is 2.15. The molecule has 5 nitrogen and oxygen atoms in total. The number of amides is 1. The summed E-state index contributed by atoms with van der Waals surface area (Å²) in [5.74, 6) is 1.19. The second-order valence-electron chi connectivity index (χ2n) is 5.88. The summed E-state index contributed by atoms with van der Waals surface area (Å²) in [6, 6.07) is 10.2. The SMILES string of the molecule is CN(CCCc1nccn1C)C(=O)Cn1ccc2ccccc21. The van der Waals surface area contributed by atoms with Gasteiger partial charge in [0.2, 0.25) is 5.91 Å². The van der Waals surface area contributed by atoms with Gasteiger partial charge >= 0.3 is 0 Å². The van der Waals surface area contributed by atoms with E-state index in [2.05, 4.69) is 11.1 Å². The third kappa shape index (κ3) is 3.44. The number of carbonyl (C=O) groups excluding carboxylic acids is 1. The summed E-state index contributed by atoms with van der Waals surface area (Å²) in [6.07, 6.45) is 7.53. The molecule has 0 spiro atoms. The van der Waals surface area contributed by atoms with Gasteiger partial charge in [-0.05, 0) is 23.9 Å². The molecule has 0 unspecified atom stereocenters. The highest BCUT2D eigenvalue weighted by Gasteiger charge is 2.11. The lowest BCUT2D eigenvalue weighted by Crippen LogP contribution is -2.31. The second-order valence-corrected chi connectivity index (χ2v) is 5.88. The fraction of sp³-hybridized carbons (Fsp3) is 0.333. The van der Waals surface area contributed by atoms with Crippen molar-refractivity contribution >= 4 is 16.8 Å². The Labute approximate surface area is 136 Å². The summed E-state index contributed by atoms with van der Waals surface area (Å²) in [4.78, 5) is 18.5. The Bertz CT molecular complexity index is 802. The van der Waals surface area contributed by atoms with E-state index in [4.69, 9.17) is 0 Å². The summed E-state index contributed by atoms with van der Waals surface area (Å²) in [7, 11) is 3.86. The number of likely N-dealkylation sites (N-methyl/N-ethyl adjacent to an activating group) is 1. The van der Waals surface area contributed by atoms with E-state index < -0.39 is 0 Å². The third-order valence-corrected chi connectivity index (χ3v) is 4.23. The molecule has 120 valence electrons. The van der Waals surface area contributed by atoms with E-state index in [0.717, 1.165) is 36.1 Å². The predicted molar refractivity (Wildman–Crippen MR) is 91.1 cm³/mol. The maximum Gasteiger partial charge on any atom is 0.242 e. The van der Waals surface area contributed by atoms with Crippen LogP contribution in [0.25, 0.3) is 10.9 Å². The molecule has 0 radical (unpaired) electrons. The minimum Gasteiger partial charge on any atom is -0.344 e. The number of benzene rings is 1. The van der Waals surface area contributed by atoms with Gasteiger partial charge in [-0.2, -0.15) is 0 Å². The van der Waals surface area contributed by atoms with Crippen LogP contribution in [-0.2, 0) is 24.8 Å². The normalized spacial score (nSPS) is 11.0. The lowest BCUT2D eigenvalue weighted by Gasteiger charge is -2.18. The van der Waals surface area contributed by atoms with Crippen LogP contribution in [0.2, 0.25) is 0 Å². The minimum atomic E-state index is 0.131. The monoisotopic (exact) mass is 310 g/mol. The Morgan fingerprint density at radius 2 is 2.04 bits per heavy atom. The topological polar surface area (TPSA) is 43.1 Å². The number of imidazole rings is 1. The van der Waals surface area contributed by atoms with Crippen molar-refractivity contribution in [3.05, 3.63) is 54.7 Å². The number of carbonyl (C=O) groups is 1. The molecule has 0 aliphatic carbocycles. The Morgan fingerprint density at radius 3 is 2.83 bits per heavy atom. The van der Waals surface area contributed by atoms with Crippen molar-refractivity contribution in [3.8, 4) is 0 Å². The number of rotatable bonds is 6. The standard InChI is InChI=1S/C18H22N4O/c1-20-13-10-19-17(20)8-5-11-21(2)18(23)14-22-12-9-15-6-3-4-7-16(15)22/h3-4,6-7,9-10,12-13H,5,8,11,14H2,1-2H3. The van der Waals surface area contributed by atoms with Gasteiger partial charge in [0.25, 0.3) is 0 Å². The van der Waals surface area contributed by atoms with Crippen LogP contribution in [0.4, 0.5) is 0 Å². The number of aryl methyl sites for hydroxylation is 2. The summed E-state index contributed by atoms with van der Waals surface area (Å²) in [6.45, 7) is 1.12. The molecular weight excluding hydrogens is 288 g/mol. The molecule has 1 aromatic carbocycles. The number of fused-ring (bicyclic) bond motifs is 1. The molecule has 1 amide bonds. The average molecular weight is 310 g/mol. The zero-order valence-corrected chi connectivity index (χ0v) is 13.6. The summed E-state index contributed by atoms with van der Waals surface area (Å²) in [5, 5.41) is 1.16. The maximum atomic E-state index is 12.4. The molecule has 3 aromatic rings. The number of hydrogen-bond acceptors (Lipinski definition) is 2. The maximum absolute atomic E-state index is 12.4. The molecule has 0 aliphatic rings. The summed E-state index contributed by atoms with van der Waals surface area (Å²) >= 11 is 0. The molecule has 0 N–H and O–H groups in total. The van der Waals surface area contributed by atoms with E-state index in [0.29, 0.717) is 6.54 Å². The van der Waals surface area contributed by atoms with Gasteiger partial charge in [-0.15, -0.1) is 0 Å². The van der Waals surface area contributed by atoms with Crippen LogP contribution in [0.5, 0.6) is 0 Å². The highest BCUT2D eigenvalue weighted by atomic mass is 16.2. The minimum absolute atomic E-state index is 0.131. The van der Waals surface area contributed by atoms with Crippen LogP contribution in [0, 0.1) is 0 Å². The van der Waals surface area contributed by atoms with Crippen molar-refractivity contribution in [2.24, 2.45) is 7.05 Å². The van der Waals surface area contributed by atoms with Gasteiger partial charge in [-0.3, -0.25) is 4.79 Å². The Kier molecular flexibility index (Phi) is 4.46. The van der Waals surface area contributed by atoms with Crippen molar-refractivity contribution in [2.45, 2.75) is 19.4 Å². The summed E-state index contributed by atoms with van der Waals surface area (Å²) < 4.78 is 4.03. The molecule has 23 heavy (non-hydrogen) atoms. The molecule has 0 atom stereocenters. The Morgan fingerprint density at radius 1 is 1.22 bits per heavy atom. The van der Waals surface area contributed by atoms with Crippen LogP contribution >= 0.6 is 0 Å². The van der Waals surface area contributed by atoms with E-state index >= 15 is 0 Å². The van der Waals surface area contributed by atoms with E-state index in [1.165, 1.54) is 0 Å². The van der Waals surface area contributed by atoms with Gasteiger partial charge in [0.1, 0.15) is 12.4 Å². The zero-order valence-electron chi connectivity index (χ0n) is 13.6. The fourth-order valence-corrected chi connectivity index (χ4v) is 2.78. The van der Waals surface area contributed by atoms with Gasteiger partial charge in [0.05, 0.1) is 0 Å². The highest BCUT2D eigenvalue weighted by molar-refractivity contribution is 5.83. The van der Waals surface area contributed by atoms with Crippen molar-refractivity contribution in [1.29, 1.82) is 0 Å². The summed E-state index contributed by atoms with van der Waals surface area (Å²) in [5.41, 5.74) is 1.10. The predicted octanol–water partition coefficient (Wildman–Crippen LogP) is 2.47. The second kappa shape index (κ2) is 6.69. The van der Waals surface area contributed by atoms with E-state index in [1.54, 1.807) is 11.1 Å². The molecule has 0 saturated carbocycles. The largest absolute Gasteiger partial charge is 0.344 e. The number of hydrogen-bond donors (Lipinski definition) is 0. The molecule has 0 saturated heterocycles. The van der Waals surface area contributed by atoms with Gasteiger partial charge in [-0.1, -0.05) is 18.2 Å². The van der Waals surface area contributed by atoms with Crippen molar-refractivity contribution in [1.82, 2.24) is 19.0 Å². The first-order valence-electron chi connectivity index (χ1n) is 7.89. The molecule has 0 aliphatic heterocycles. The van der Waals surface area contributed by atoms with Crippen LogP contribution in [0.15, 0.2) is 48.9 Å². The van der Waals surface area contributed by atoms with Crippen molar-refractivity contribution in [3.63, 3.8) is 0 Å². The first-order valence-corrected chi connectivity index (χ1v) is 7.89. The fourth-order valence-electron chi connectivity index (χ4n) is 2.78. The molecule has 3 rings (SSSR count). The lowest BCUT2D eigenvalue weighted by atomic mass is 10.2. The third-order valence-electron chi connectivity index (χ3n) is 4.23. The molecule has 0 bridgehead atoms. The zero-order chi connectivity index (χ0) is 16.2. The Hall–Kier alpha value is -2.56. The van der Waals surface area contributed by atoms with Gasteiger partial charge < -0.3 is 14.0 Å². The molecule has 2 heterocycles. The van der Waals surface area contributed by atoms with Crippen LogP contribution in [0.1, 0.15) is 12.2 Å². The van der Waals surface area contributed by atoms with Gasteiger partial charge in [0.15, 0.2) is 0 Å². The van der Waals surface area contributed by atoms with Gasteiger partial charge in [-0.25, -0.2) is 4.98 Å². The number of para-hydroxylation sites is 1. The Balaban J connectivity index is 1.54. The number of nitrogens with zero attached hydrogens (tertiary/aromatic N) is 4. The van der Waals surface area contributed by atoms with E-state index in [9.17, 15) is 4.79 Å². The van der Waals surface area contributed by atoms with E-state index in [-0.39, 0.29) is 5.91 Å². The molecule has 0 fully saturated rings. The first kappa shape index (κ1) is 15.3. The van der Waals surface area contributed by atoms with E-state index in [1.807, 2.05) is 59.9 Å². The smallest absolute Gasteiger partial charge is 0.242 e. The number of aromatic nitrogens is 3. The van der Waals surface area contributed by atoms with Crippen molar-refractivity contribution in [2.75, 3.05) is 13.6 Å². The molecule has 2 aromatic heterocycles. The van der Waals surface area contributed by atoms with Gasteiger partial charge in [0, 0.05) is 51.2 Å². The van der Waals surface area contributed by atoms with Crippen molar-refractivity contribution < 1.29 is 4.79 Å². The lowest BCUT2D eigenvalue weighted by molar-refractivity contribution is -0.130.